The van der Waals surface area contributed by atoms with Crippen molar-refractivity contribution < 1.29 is 13.2 Å². The highest BCUT2D eigenvalue weighted by Crippen LogP contribution is 2.50. The molecule has 2 unspecified atom stereocenters. The van der Waals surface area contributed by atoms with Gasteiger partial charge in [-0.25, -0.2) is 0 Å². The molecule has 3 rings (SSSR count). The third-order valence-corrected chi connectivity index (χ3v) is 5.62. The van der Waals surface area contributed by atoms with Gasteiger partial charge in [0.15, 0.2) is 0 Å². The van der Waals surface area contributed by atoms with Crippen molar-refractivity contribution in [3.8, 4) is 0 Å². The molecule has 0 bridgehead atoms. The van der Waals surface area contributed by atoms with Crippen molar-refractivity contribution in [1.82, 2.24) is 0 Å². The van der Waals surface area contributed by atoms with Gasteiger partial charge in [0.05, 0.1) is 17.7 Å². The van der Waals surface area contributed by atoms with Crippen LogP contribution < -0.4 is 0 Å². The third-order valence-electron chi connectivity index (χ3n) is 5.62. The van der Waals surface area contributed by atoms with E-state index in [2.05, 4.69) is 0 Å². The van der Waals surface area contributed by atoms with Crippen molar-refractivity contribution in [3.05, 3.63) is 71.3 Å². The van der Waals surface area contributed by atoms with Crippen LogP contribution in [0.2, 0.25) is 0 Å². The second-order valence-electron chi connectivity index (χ2n) is 7.12. The van der Waals surface area contributed by atoms with Crippen molar-refractivity contribution in [3.63, 3.8) is 0 Å². The molecule has 132 valence electrons. The van der Waals surface area contributed by atoms with E-state index in [0.29, 0.717) is 12.1 Å². The average molecular weight is 345 g/mol. The van der Waals surface area contributed by atoms with E-state index < -0.39 is 23.6 Å². The number of rotatable bonds is 3. The SMILES string of the molecule is CCC1(C)c2ccccc2C(c2ccccc2)=NC1(C)CC(F)(F)F. The van der Waals surface area contributed by atoms with Crippen LogP contribution in [0, 0.1) is 0 Å². The summed E-state index contributed by atoms with van der Waals surface area (Å²) in [5.41, 5.74) is 1.43. The molecule has 1 aliphatic heterocycles. The predicted octanol–water partition coefficient (Wildman–Crippen LogP) is 5.92. The van der Waals surface area contributed by atoms with Crippen LogP contribution in [-0.2, 0) is 5.41 Å². The molecule has 2 atom stereocenters. The van der Waals surface area contributed by atoms with E-state index in [1.54, 1.807) is 6.92 Å². The number of hydrogen-bond donors (Lipinski definition) is 0. The molecule has 1 aliphatic rings. The normalized spacial score (nSPS) is 26.1. The fraction of sp³-hybridized carbons (Fsp3) is 0.381. The number of fused-ring (bicyclic) bond motifs is 1. The largest absolute Gasteiger partial charge is 0.391 e. The first-order valence-electron chi connectivity index (χ1n) is 8.52. The van der Waals surface area contributed by atoms with E-state index in [0.717, 1.165) is 16.7 Å². The molecule has 0 aromatic heterocycles. The summed E-state index contributed by atoms with van der Waals surface area (Å²) in [4.78, 5) is 4.73. The number of aliphatic imine (C=N–C) groups is 1. The Labute approximate surface area is 146 Å². The van der Waals surface area contributed by atoms with E-state index >= 15 is 0 Å². The highest BCUT2D eigenvalue weighted by atomic mass is 19.4. The van der Waals surface area contributed by atoms with Crippen molar-refractivity contribution in [1.29, 1.82) is 0 Å². The fourth-order valence-electron chi connectivity index (χ4n) is 3.90. The molecule has 25 heavy (non-hydrogen) atoms. The van der Waals surface area contributed by atoms with Gasteiger partial charge in [0.1, 0.15) is 0 Å². The molecular weight excluding hydrogens is 323 g/mol. The van der Waals surface area contributed by atoms with Crippen molar-refractivity contribution in [2.75, 3.05) is 0 Å². The Balaban J connectivity index is 2.28. The Morgan fingerprint density at radius 2 is 1.52 bits per heavy atom. The molecule has 1 heterocycles. The van der Waals surface area contributed by atoms with E-state index in [1.807, 2.05) is 68.4 Å². The average Bonchev–Trinajstić information content (AvgIpc) is 2.57. The van der Waals surface area contributed by atoms with Crippen LogP contribution in [0.3, 0.4) is 0 Å². The standard InChI is InChI=1S/C21H22F3N/c1-4-19(2)17-13-9-8-12-16(17)18(15-10-6-5-7-11-15)25-20(19,3)14-21(22,23)24/h5-13H,4,14H2,1-3H3. The van der Waals surface area contributed by atoms with Gasteiger partial charge in [0.25, 0.3) is 0 Å². The number of nitrogens with zero attached hydrogens (tertiary/aromatic N) is 1. The first-order valence-corrected chi connectivity index (χ1v) is 8.52. The highest BCUT2D eigenvalue weighted by molar-refractivity contribution is 6.15. The number of benzene rings is 2. The molecule has 0 saturated carbocycles. The minimum Gasteiger partial charge on any atom is -0.276 e. The topological polar surface area (TPSA) is 12.4 Å². The summed E-state index contributed by atoms with van der Waals surface area (Å²) in [7, 11) is 0. The first kappa shape index (κ1) is 17.7. The van der Waals surface area contributed by atoms with E-state index in [4.69, 9.17) is 4.99 Å². The molecular formula is C21H22F3N. The second-order valence-corrected chi connectivity index (χ2v) is 7.12. The minimum atomic E-state index is -4.28. The molecule has 2 aromatic rings. The van der Waals surface area contributed by atoms with Gasteiger partial charge in [-0.1, -0.05) is 68.4 Å². The molecule has 0 N–H and O–H groups in total. The molecule has 0 amide bonds. The number of hydrogen-bond acceptors (Lipinski definition) is 1. The van der Waals surface area contributed by atoms with Gasteiger partial charge in [-0.15, -0.1) is 0 Å². The van der Waals surface area contributed by atoms with Crippen LogP contribution in [0.15, 0.2) is 59.6 Å². The van der Waals surface area contributed by atoms with Gasteiger partial charge >= 0.3 is 6.18 Å². The smallest absolute Gasteiger partial charge is 0.276 e. The monoisotopic (exact) mass is 345 g/mol. The van der Waals surface area contributed by atoms with Crippen LogP contribution in [-0.4, -0.2) is 17.4 Å². The molecule has 2 aromatic carbocycles. The summed E-state index contributed by atoms with van der Waals surface area (Å²) in [6.07, 6.45) is -4.63. The second kappa shape index (κ2) is 6.01. The maximum atomic E-state index is 13.4. The zero-order valence-electron chi connectivity index (χ0n) is 14.7. The van der Waals surface area contributed by atoms with Crippen LogP contribution >= 0.6 is 0 Å². The molecule has 1 nitrogen and oxygen atoms in total. The maximum Gasteiger partial charge on any atom is 0.391 e. The van der Waals surface area contributed by atoms with E-state index in [-0.39, 0.29) is 0 Å². The van der Waals surface area contributed by atoms with Crippen molar-refractivity contribution >= 4 is 5.71 Å². The molecule has 4 heteroatoms. The lowest BCUT2D eigenvalue weighted by atomic mass is 9.61. The predicted molar refractivity (Wildman–Crippen MR) is 95.2 cm³/mol. The summed E-state index contributed by atoms with van der Waals surface area (Å²) < 4.78 is 40.2. The van der Waals surface area contributed by atoms with Crippen molar-refractivity contribution in [2.24, 2.45) is 4.99 Å². The van der Waals surface area contributed by atoms with Gasteiger partial charge in [0.2, 0.25) is 0 Å². The quantitative estimate of drug-likeness (QED) is 0.655. The zero-order chi connectivity index (χ0) is 18.3. The Bertz CT molecular complexity index is 794. The molecule has 0 aliphatic carbocycles. The van der Waals surface area contributed by atoms with E-state index in [9.17, 15) is 13.2 Å². The van der Waals surface area contributed by atoms with Gasteiger partial charge in [-0.05, 0) is 18.9 Å². The molecule has 0 fully saturated rings. The minimum absolute atomic E-state index is 0.585. The summed E-state index contributed by atoms with van der Waals surface area (Å²) in [5, 5.41) is 0. The van der Waals surface area contributed by atoms with Gasteiger partial charge in [-0.2, -0.15) is 13.2 Å². The summed E-state index contributed by atoms with van der Waals surface area (Å²) in [6.45, 7) is 5.49. The summed E-state index contributed by atoms with van der Waals surface area (Å²) in [5.74, 6) is 0. The third kappa shape index (κ3) is 2.99. The van der Waals surface area contributed by atoms with Crippen LogP contribution in [0.25, 0.3) is 0 Å². The molecule has 0 saturated heterocycles. The van der Waals surface area contributed by atoms with Gasteiger partial charge < -0.3 is 0 Å². The van der Waals surface area contributed by atoms with Gasteiger partial charge in [0, 0.05) is 16.5 Å². The maximum absolute atomic E-state index is 13.4. The van der Waals surface area contributed by atoms with Crippen LogP contribution in [0.5, 0.6) is 0 Å². The molecule has 0 radical (unpaired) electrons. The number of alkyl halides is 3. The fourth-order valence-corrected chi connectivity index (χ4v) is 3.90. The highest BCUT2D eigenvalue weighted by Gasteiger charge is 2.53. The Morgan fingerprint density at radius 3 is 2.12 bits per heavy atom. The Hall–Kier alpha value is -2.10. The summed E-state index contributed by atoms with van der Waals surface area (Å²) in [6, 6.07) is 17.2. The molecule has 0 spiro atoms. The number of halogens is 3. The Morgan fingerprint density at radius 1 is 0.920 bits per heavy atom. The summed E-state index contributed by atoms with van der Waals surface area (Å²) >= 11 is 0. The van der Waals surface area contributed by atoms with E-state index in [1.165, 1.54) is 0 Å². The zero-order valence-corrected chi connectivity index (χ0v) is 14.7. The lowest BCUT2D eigenvalue weighted by Gasteiger charge is -2.48. The lowest BCUT2D eigenvalue weighted by molar-refractivity contribution is -0.151. The van der Waals surface area contributed by atoms with Gasteiger partial charge in [-0.3, -0.25) is 4.99 Å². The Kier molecular flexibility index (Phi) is 4.26. The van der Waals surface area contributed by atoms with Crippen LogP contribution in [0.1, 0.15) is 50.3 Å². The first-order chi connectivity index (χ1) is 11.7. The van der Waals surface area contributed by atoms with Crippen molar-refractivity contribution in [2.45, 2.75) is 50.7 Å². The lowest BCUT2D eigenvalue weighted by Crippen LogP contribution is -2.52. The van der Waals surface area contributed by atoms with Crippen LogP contribution in [0.4, 0.5) is 13.2 Å².